The third kappa shape index (κ3) is 2.95. The van der Waals surface area contributed by atoms with Crippen LogP contribution in [0.4, 0.5) is 0 Å². The number of hydrogen-bond donors (Lipinski definition) is 2. The van der Waals surface area contributed by atoms with E-state index in [0.29, 0.717) is 5.92 Å². The van der Waals surface area contributed by atoms with Gasteiger partial charge in [-0.3, -0.25) is 0 Å². The monoisotopic (exact) mass is 169 g/mol. The molecule has 0 bridgehead atoms. The van der Waals surface area contributed by atoms with E-state index in [1.54, 1.807) is 0 Å². The van der Waals surface area contributed by atoms with E-state index in [1.807, 2.05) is 6.92 Å². The molecule has 0 aromatic heterocycles. The first kappa shape index (κ1) is 9.75. The van der Waals surface area contributed by atoms with E-state index in [-0.39, 0.29) is 12.1 Å². The van der Waals surface area contributed by atoms with Gasteiger partial charge in [0.15, 0.2) is 0 Å². The maximum absolute atomic E-state index is 8.98. The molecule has 0 fully saturated rings. The Hall–Kier alpha value is -0.340. The highest BCUT2D eigenvalue weighted by atomic mass is 16.3. The quantitative estimate of drug-likeness (QED) is 0.628. The molecule has 2 atom stereocenters. The Morgan fingerprint density at radius 1 is 1.58 bits per heavy atom. The highest BCUT2D eigenvalue weighted by Gasteiger charge is 2.22. The average molecular weight is 169 g/mol. The van der Waals surface area contributed by atoms with Gasteiger partial charge >= 0.3 is 0 Å². The van der Waals surface area contributed by atoms with Crippen LogP contribution in [-0.2, 0) is 0 Å². The molecule has 0 aliphatic heterocycles. The number of hydrogen-bond acceptors (Lipinski definition) is 2. The molecule has 2 unspecified atom stereocenters. The number of allylic oxidation sites excluding steroid dienone is 2. The van der Waals surface area contributed by atoms with E-state index >= 15 is 0 Å². The van der Waals surface area contributed by atoms with Gasteiger partial charge in [0.05, 0.1) is 6.61 Å². The minimum absolute atomic E-state index is 0.0905. The summed E-state index contributed by atoms with van der Waals surface area (Å²) in [7, 11) is 0. The lowest BCUT2D eigenvalue weighted by Gasteiger charge is -2.28. The zero-order valence-electron chi connectivity index (χ0n) is 7.79. The van der Waals surface area contributed by atoms with Crippen molar-refractivity contribution in [1.82, 2.24) is 0 Å². The maximum Gasteiger partial charge on any atom is 0.0608 e. The first-order valence-electron chi connectivity index (χ1n) is 4.69. The van der Waals surface area contributed by atoms with Crippen LogP contribution in [0.3, 0.4) is 0 Å². The van der Waals surface area contributed by atoms with Crippen molar-refractivity contribution in [2.75, 3.05) is 6.61 Å². The third-order valence-electron chi connectivity index (χ3n) is 2.49. The molecule has 0 saturated carbocycles. The van der Waals surface area contributed by atoms with Gasteiger partial charge in [-0.1, -0.05) is 12.2 Å². The largest absolute Gasteiger partial charge is 0.394 e. The van der Waals surface area contributed by atoms with E-state index in [4.69, 9.17) is 10.8 Å². The van der Waals surface area contributed by atoms with Crippen LogP contribution in [0.15, 0.2) is 12.2 Å². The van der Waals surface area contributed by atoms with Crippen LogP contribution >= 0.6 is 0 Å². The summed E-state index contributed by atoms with van der Waals surface area (Å²) in [6, 6.07) is 0. The summed E-state index contributed by atoms with van der Waals surface area (Å²) in [6.07, 6.45) is 8.92. The molecule has 0 aromatic carbocycles. The number of rotatable bonds is 3. The molecule has 2 nitrogen and oxygen atoms in total. The lowest BCUT2D eigenvalue weighted by atomic mass is 9.83. The molecule has 0 saturated heterocycles. The molecule has 70 valence electrons. The normalized spacial score (nSPS) is 28.4. The Morgan fingerprint density at radius 2 is 2.33 bits per heavy atom. The second-order valence-corrected chi connectivity index (χ2v) is 4.17. The molecule has 0 spiro atoms. The van der Waals surface area contributed by atoms with Gasteiger partial charge in [-0.25, -0.2) is 0 Å². The number of aliphatic hydroxyl groups excluding tert-OH is 1. The predicted molar refractivity (Wildman–Crippen MR) is 50.8 cm³/mol. The van der Waals surface area contributed by atoms with Gasteiger partial charge in [0, 0.05) is 5.54 Å². The predicted octanol–water partition coefficient (Wildman–Crippen LogP) is 1.44. The fourth-order valence-corrected chi connectivity index (χ4v) is 1.77. The fraction of sp³-hybridized carbons (Fsp3) is 0.800. The zero-order chi connectivity index (χ0) is 9.03. The molecule has 0 amide bonds. The molecule has 0 aromatic rings. The van der Waals surface area contributed by atoms with E-state index in [1.165, 1.54) is 12.8 Å². The second kappa shape index (κ2) is 4.06. The Labute approximate surface area is 74.5 Å². The van der Waals surface area contributed by atoms with Crippen LogP contribution in [0, 0.1) is 5.92 Å². The first-order valence-corrected chi connectivity index (χ1v) is 4.69. The van der Waals surface area contributed by atoms with E-state index in [2.05, 4.69) is 12.2 Å². The highest BCUT2D eigenvalue weighted by Crippen LogP contribution is 2.25. The van der Waals surface area contributed by atoms with Crippen LogP contribution in [0.5, 0.6) is 0 Å². The smallest absolute Gasteiger partial charge is 0.0608 e. The minimum Gasteiger partial charge on any atom is -0.394 e. The summed E-state index contributed by atoms with van der Waals surface area (Å²) in [5, 5.41) is 8.98. The topological polar surface area (TPSA) is 46.2 Å². The van der Waals surface area contributed by atoms with E-state index in [0.717, 1.165) is 12.8 Å². The van der Waals surface area contributed by atoms with Gasteiger partial charge in [-0.15, -0.1) is 0 Å². The molecular weight excluding hydrogens is 150 g/mol. The van der Waals surface area contributed by atoms with Crippen LogP contribution in [0.1, 0.15) is 32.6 Å². The molecule has 0 radical (unpaired) electrons. The van der Waals surface area contributed by atoms with Crippen molar-refractivity contribution in [2.45, 2.75) is 38.1 Å². The van der Waals surface area contributed by atoms with Gasteiger partial charge in [0.25, 0.3) is 0 Å². The standard InChI is InChI=1S/C10H19NO/c1-10(11,8-12)7-9-5-3-2-4-6-9/h2-3,9,12H,4-8,11H2,1H3. The molecule has 1 aliphatic carbocycles. The van der Waals surface area contributed by atoms with Gasteiger partial charge < -0.3 is 10.8 Å². The van der Waals surface area contributed by atoms with Gasteiger partial charge in [0.1, 0.15) is 0 Å². The summed E-state index contributed by atoms with van der Waals surface area (Å²) in [5.74, 6) is 0.678. The van der Waals surface area contributed by atoms with Crippen molar-refractivity contribution in [3.05, 3.63) is 12.2 Å². The van der Waals surface area contributed by atoms with Crippen LogP contribution in [0.2, 0.25) is 0 Å². The van der Waals surface area contributed by atoms with Gasteiger partial charge in [-0.2, -0.15) is 0 Å². The summed E-state index contributed by atoms with van der Waals surface area (Å²) in [5.41, 5.74) is 5.49. The molecule has 1 rings (SSSR count). The summed E-state index contributed by atoms with van der Waals surface area (Å²) >= 11 is 0. The zero-order valence-corrected chi connectivity index (χ0v) is 7.79. The van der Waals surface area contributed by atoms with E-state index in [9.17, 15) is 0 Å². The summed E-state index contributed by atoms with van der Waals surface area (Å²) < 4.78 is 0. The van der Waals surface area contributed by atoms with Crippen molar-refractivity contribution < 1.29 is 5.11 Å². The van der Waals surface area contributed by atoms with Crippen LogP contribution in [0.25, 0.3) is 0 Å². The Balaban J connectivity index is 2.35. The fourth-order valence-electron chi connectivity index (χ4n) is 1.77. The first-order chi connectivity index (χ1) is 5.64. The molecular formula is C10H19NO. The molecule has 2 heteroatoms. The Kier molecular flexibility index (Phi) is 3.29. The summed E-state index contributed by atoms with van der Waals surface area (Å²) in [6.45, 7) is 2.01. The molecule has 0 heterocycles. The van der Waals surface area contributed by atoms with Crippen molar-refractivity contribution >= 4 is 0 Å². The van der Waals surface area contributed by atoms with Crippen molar-refractivity contribution in [3.8, 4) is 0 Å². The maximum atomic E-state index is 8.98. The molecule has 1 aliphatic rings. The van der Waals surface area contributed by atoms with Crippen molar-refractivity contribution in [1.29, 1.82) is 0 Å². The molecule has 12 heavy (non-hydrogen) atoms. The van der Waals surface area contributed by atoms with Crippen molar-refractivity contribution in [2.24, 2.45) is 11.7 Å². The summed E-state index contributed by atoms with van der Waals surface area (Å²) in [4.78, 5) is 0. The Bertz CT molecular complexity index is 163. The van der Waals surface area contributed by atoms with Gasteiger partial charge in [0.2, 0.25) is 0 Å². The number of nitrogens with two attached hydrogens (primary N) is 1. The van der Waals surface area contributed by atoms with Crippen LogP contribution < -0.4 is 5.73 Å². The van der Waals surface area contributed by atoms with Crippen LogP contribution in [-0.4, -0.2) is 17.3 Å². The Morgan fingerprint density at radius 3 is 2.83 bits per heavy atom. The lowest BCUT2D eigenvalue weighted by molar-refractivity contribution is 0.178. The molecule has 3 N–H and O–H groups in total. The third-order valence-corrected chi connectivity index (χ3v) is 2.49. The van der Waals surface area contributed by atoms with Crippen molar-refractivity contribution in [3.63, 3.8) is 0 Å². The lowest BCUT2D eigenvalue weighted by Crippen LogP contribution is -2.42. The average Bonchev–Trinajstić information content (AvgIpc) is 2.06. The highest BCUT2D eigenvalue weighted by molar-refractivity contribution is 4.93. The minimum atomic E-state index is -0.379. The van der Waals surface area contributed by atoms with Gasteiger partial charge in [-0.05, 0) is 38.5 Å². The van der Waals surface area contributed by atoms with E-state index < -0.39 is 0 Å². The SMILES string of the molecule is CC(N)(CO)CC1CC=CCC1. The number of aliphatic hydroxyl groups is 1. The second-order valence-electron chi connectivity index (χ2n) is 4.17.